The van der Waals surface area contributed by atoms with Crippen molar-refractivity contribution in [2.24, 2.45) is 0 Å². The fraction of sp³-hybridized carbons (Fsp3) is 0.381. The zero-order valence-electron chi connectivity index (χ0n) is 15.6. The molecule has 0 saturated carbocycles. The number of aryl methyl sites for hydroxylation is 2. The van der Waals surface area contributed by atoms with Crippen LogP contribution in [0.4, 0.5) is 0 Å². The lowest BCUT2D eigenvalue weighted by atomic mass is 9.96. The maximum Gasteiger partial charge on any atom is 0.157 e. The van der Waals surface area contributed by atoms with E-state index in [4.69, 9.17) is 0 Å². The van der Waals surface area contributed by atoms with Crippen molar-refractivity contribution in [3.63, 3.8) is 0 Å². The van der Waals surface area contributed by atoms with Crippen LogP contribution in [0.1, 0.15) is 37.1 Å². The highest BCUT2D eigenvalue weighted by Gasteiger charge is 2.13. The second kappa shape index (κ2) is 7.88. The van der Waals surface area contributed by atoms with Gasteiger partial charge in [0.2, 0.25) is 0 Å². The van der Waals surface area contributed by atoms with Crippen LogP contribution >= 0.6 is 0 Å². The molecule has 1 aliphatic rings. The molecule has 2 aromatic heterocycles. The molecule has 1 saturated heterocycles. The van der Waals surface area contributed by atoms with Crippen molar-refractivity contribution in [3.8, 4) is 22.8 Å². The van der Waals surface area contributed by atoms with Crippen LogP contribution in [-0.4, -0.2) is 37.4 Å². The van der Waals surface area contributed by atoms with Crippen LogP contribution in [0.5, 0.6) is 5.75 Å². The number of piperidine rings is 1. The van der Waals surface area contributed by atoms with E-state index < -0.39 is 0 Å². The number of aromatic hydroxyl groups is 1. The smallest absolute Gasteiger partial charge is 0.157 e. The normalized spacial score (nSPS) is 17.1. The van der Waals surface area contributed by atoms with Crippen molar-refractivity contribution < 1.29 is 5.11 Å². The number of hydrogen-bond acceptors (Lipinski definition) is 5. The van der Waals surface area contributed by atoms with Gasteiger partial charge in [0.25, 0.3) is 0 Å². The van der Waals surface area contributed by atoms with E-state index in [-0.39, 0.29) is 5.75 Å². The Balaban J connectivity index is 1.59. The van der Waals surface area contributed by atoms with E-state index in [1.165, 1.54) is 19.3 Å². The lowest BCUT2D eigenvalue weighted by molar-refractivity contribution is 0.382. The number of rotatable bonds is 5. The Hall–Kier alpha value is -2.73. The molecule has 6 heteroatoms. The molecule has 2 N–H and O–H groups in total. The summed E-state index contributed by atoms with van der Waals surface area (Å²) in [7, 11) is 0. The van der Waals surface area contributed by atoms with Gasteiger partial charge in [-0.1, -0.05) is 6.42 Å². The Morgan fingerprint density at radius 1 is 1.19 bits per heavy atom. The molecule has 1 aromatic carbocycles. The van der Waals surface area contributed by atoms with Crippen molar-refractivity contribution >= 4 is 0 Å². The fourth-order valence-corrected chi connectivity index (χ4v) is 3.70. The number of hydrogen-bond donors (Lipinski definition) is 2. The van der Waals surface area contributed by atoms with E-state index in [0.717, 1.165) is 42.0 Å². The lowest BCUT2D eigenvalue weighted by Gasteiger charge is -2.23. The van der Waals surface area contributed by atoms with Crippen molar-refractivity contribution in [3.05, 3.63) is 54.1 Å². The minimum Gasteiger partial charge on any atom is -0.508 e. The average molecular weight is 363 g/mol. The van der Waals surface area contributed by atoms with Gasteiger partial charge in [-0.05, 0) is 69.0 Å². The summed E-state index contributed by atoms with van der Waals surface area (Å²) in [6.07, 6.45) is 9.43. The van der Waals surface area contributed by atoms with E-state index in [1.807, 2.05) is 31.3 Å². The van der Waals surface area contributed by atoms with Gasteiger partial charge in [0, 0.05) is 30.1 Å². The van der Waals surface area contributed by atoms with Gasteiger partial charge in [-0.15, -0.1) is 0 Å². The predicted octanol–water partition coefficient (Wildman–Crippen LogP) is 3.42. The number of aromatic nitrogens is 4. The summed E-state index contributed by atoms with van der Waals surface area (Å²) in [4.78, 5) is 9.03. The summed E-state index contributed by atoms with van der Waals surface area (Å²) < 4.78 is 1.72. The number of phenolic OH excluding ortho intramolecular Hbond substituents is 1. The van der Waals surface area contributed by atoms with Crippen LogP contribution in [0.25, 0.3) is 17.1 Å². The molecule has 0 spiro atoms. The molecule has 0 bridgehead atoms. The molecule has 3 heterocycles. The first kappa shape index (κ1) is 17.7. The zero-order chi connectivity index (χ0) is 18.6. The van der Waals surface area contributed by atoms with Crippen molar-refractivity contribution in [1.82, 2.24) is 25.1 Å². The van der Waals surface area contributed by atoms with Crippen LogP contribution in [-0.2, 0) is 6.42 Å². The number of phenols is 1. The molecule has 140 valence electrons. The largest absolute Gasteiger partial charge is 0.508 e. The molecule has 6 nitrogen and oxygen atoms in total. The summed E-state index contributed by atoms with van der Waals surface area (Å²) in [6.45, 7) is 2.99. The molecule has 1 atom stereocenters. The highest BCUT2D eigenvalue weighted by atomic mass is 16.3. The number of benzene rings is 1. The summed E-state index contributed by atoms with van der Waals surface area (Å²) in [5, 5.41) is 18.1. The minimum absolute atomic E-state index is 0.274. The van der Waals surface area contributed by atoms with Gasteiger partial charge in [-0.25, -0.2) is 14.6 Å². The second-order valence-electron chi connectivity index (χ2n) is 7.18. The molecule has 0 amide bonds. The minimum atomic E-state index is 0.274. The summed E-state index contributed by atoms with van der Waals surface area (Å²) >= 11 is 0. The summed E-state index contributed by atoms with van der Waals surface area (Å²) in [5.74, 6) is 1.67. The van der Waals surface area contributed by atoms with Gasteiger partial charge < -0.3 is 10.4 Å². The summed E-state index contributed by atoms with van der Waals surface area (Å²) in [5.41, 5.74) is 2.83. The third-order valence-corrected chi connectivity index (χ3v) is 5.03. The van der Waals surface area contributed by atoms with Crippen molar-refractivity contribution in [2.45, 2.75) is 45.1 Å². The average Bonchev–Trinajstić information content (AvgIpc) is 3.21. The number of nitrogens with one attached hydrogen (secondary N) is 1. The van der Waals surface area contributed by atoms with E-state index in [2.05, 4.69) is 26.4 Å². The standard InChI is InChI=1S/C21H25N5O/c1-15-24-20(14-21(25-15)26-10-4-9-23-26)17-11-16(12-19(27)13-17)6-7-18-5-2-3-8-22-18/h4,9-14,18,22,27H,2-3,5-8H2,1H3. The lowest BCUT2D eigenvalue weighted by Crippen LogP contribution is -2.34. The zero-order valence-corrected chi connectivity index (χ0v) is 15.6. The molecule has 0 aliphatic carbocycles. The molecule has 3 aromatic rings. The fourth-order valence-electron chi connectivity index (χ4n) is 3.70. The Morgan fingerprint density at radius 2 is 2.11 bits per heavy atom. The van der Waals surface area contributed by atoms with Gasteiger partial charge in [-0.3, -0.25) is 0 Å². The molecular weight excluding hydrogens is 338 g/mol. The Kier molecular flexibility index (Phi) is 5.16. The molecule has 4 rings (SSSR count). The van der Waals surface area contributed by atoms with Crippen LogP contribution in [0, 0.1) is 6.92 Å². The second-order valence-corrected chi connectivity index (χ2v) is 7.18. The molecule has 1 aliphatic heterocycles. The van der Waals surface area contributed by atoms with E-state index in [0.29, 0.717) is 11.9 Å². The monoisotopic (exact) mass is 363 g/mol. The van der Waals surface area contributed by atoms with E-state index in [9.17, 15) is 5.11 Å². The Labute approximate surface area is 159 Å². The third-order valence-electron chi connectivity index (χ3n) is 5.03. The van der Waals surface area contributed by atoms with Gasteiger partial charge in [0.05, 0.1) is 5.69 Å². The van der Waals surface area contributed by atoms with Crippen LogP contribution < -0.4 is 5.32 Å². The number of nitrogens with zero attached hydrogens (tertiary/aromatic N) is 4. The van der Waals surface area contributed by atoms with Crippen LogP contribution in [0.15, 0.2) is 42.7 Å². The van der Waals surface area contributed by atoms with Crippen molar-refractivity contribution in [2.75, 3.05) is 6.54 Å². The predicted molar refractivity (Wildman–Crippen MR) is 105 cm³/mol. The third kappa shape index (κ3) is 4.34. The van der Waals surface area contributed by atoms with Crippen LogP contribution in [0.3, 0.4) is 0 Å². The maximum absolute atomic E-state index is 10.2. The quantitative estimate of drug-likeness (QED) is 0.726. The van der Waals surface area contributed by atoms with E-state index >= 15 is 0 Å². The first-order chi connectivity index (χ1) is 13.2. The Bertz CT molecular complexity index is 901. The molecule has 0 radical (unpaired) electrons. The first-order valence-electron chi connectivity index (χ1n) is 9.60. The van der Waals surface area contributed by atoms with E-state index in [1.54, 1.807) is 16.9 Å². The van der Waals surface area contributed by atoms with Gasteiger partial charge in [-0.2, -0.15) is 5.10 Å². The first-order valence-corrected chi connectivity index (χ1v) is 9.60. The van der Waals surface area contributed by atoms with Crippen LogP contribution in [0.2, 0.25) is 0 Å². The molecule has 27 heavy (non-hydrogen) atoms. The maximum atomic E-state index is 10.2. The Morgan fingerprint density at radius 3 is 2.89 bits per heavy atom. The highest BCUT2D eigenvalue weighted by Crippen LogP contribution is 2.26. The van der Waals surface area contributed by atoms with Gasteiger partial charge in [0.1, 0.15) is 11.6 Å². The molecule has 1 fully saturated rings. The topological polar surface area (TPSA) is 75.9 Å². The molecular formula is C21H25N5O. The molecule has 1 unspecified atom stereocenters. The van der Waals surface area contributed by atoms with Gasteiger partial charge >= 0.3 is 0 Å². The highest BCUT2D eigenvalue weighted by molar-refractivity contribution is 5.64. The van der Waals surface area contributed by atoms with Crippen molar-refractivity contribution in [1.29, 1.82) is 0 Å². The SMILES string of the molecule is Cc1nc(-c2cc(O)cc(CCC3CCCCN3)c2)cc(-n2cccn2)n1. The van der Waals surface area contributed by atoms with Gasteiger partial charge in [0.15, 0.2) is 5.82 Å². The summed E-state index contributed by atoms with van der Waals surface area (Å²) in [6, 6.07) is 10.1.